The maximum atomic E-state index is 3.82. The van der Waals surface area contributed by atoms with Gasteiger partial charge in [0.15, 0.2) is 0 Å². The SMILES string of the molecule is Cc1ccc2[nH]c3c(P)c(C(C)(C)C)c(C)c(C(C)(C)C)c3c2c1C(C)(C)C. The molecule has 3 aromatic rings. The summed E-state index contributed by atoms with van der Waals surface area (Å²) >= 11 is 0. The number of aryl methyl sites for hydroxylation is 1. The fourth-order valence-electron chi connectivity index (χ4n) is 5.35. The van der Waals surface area contributed by atoms with Crippen molar-refractivity contribution in [1.82, 2.24) is 4.98 Å². The normalized spacial score (nSPS) is 13.7. The number of rotatable bonds is 0. The summed E-state index contributed by atoms with van der Waals surface area (Å²) < 4.78 is 0. The van der Waals surface area contributed by atoms with Crippen molar-refractivity contribution in [1.29, 1.82) is 0 Å². The maximum Gasteiger partial charge on any atom is 0.0543 e. The largest absolute Gasteiger partial charge is 0.354 e. The molecule has 0 fully saturated rings. The standard InChI is InChI=1S/C26H38NP/c1-14-12-13-16-17(19(14)24(3,4)5)18-20(25(6,7)8)15(2)21(26(9,10)11)23(28)22(18)27-16/h12-13,27H,28H2,1-11H3. The Labute approximate surface area is 173 Å². The monoisotopic (exact) mass is 395 g/mol. The molecule has 1 N–H and O–H groups in total. The quantitative estimate of drug-likeness (QED) is 0.384. The van der Waals surface area contributed by atoms with Crippen LogP contribution >= 0.6 is 9.24 Å². The Kier molecular flexibility index (Phi) is 4.84. The zero-order valence-corrected chi connectivity index (χ0v) is 20.9. The number of aromatic amines is 1. The molecule has 1 nitrogen and oxygen atoms in total. The lowest BCUT2D eigenvalue weighted by molar-refractivity contribution is 0.568. The Balaban J connectivity index is 2.74. The van der Waals surface area contributed by atoms with Crippen LogP contribution in [0.25, 0.3) is 21.8 Å². The van der Waals surface area contributed by atoms with Gasteiger partial charge in [0.2, 0.25) is 0 Å². The molecule has 28 heavy (non-hydrogen) atoms. The van der Waals surface area contributed by atoms with Crippen molar-refractivity contribution in [2.45, 2.75) is 92.4 Å². The van der Waals surface area contributed by atoms with E-state index in [1.165, 1.54) is 54.9 Å². The molecule has 2 heteroatoms. The molecule has 0 radical (unpaired) electrons. The van der Waals surface area contributed by atoms with Crippen molar-refractivity contribution in [3.63, 3.8) is 0 Å². The second-order valence-corrected chi connectivity index (χ2v) is 12.2. The highest BCUT2D eigenvalue weighted by molar-refractivity contribution is 7.28. The Morgan fingerprint density at radius 2 is 1.18 bits per heavy atom. The molecule has 0 saturated heterocycles. The van der Waals surface area contributed by atoms with E-state index >= 15 is 0 Å². The molecule has 3 rings (SSSR count). The lowest BCUT2D eigenvalue weighted by Gasteiger charge is -2.32. The molecule has 0 aliphatic heterocycles. The summed E-state index contributed by atoms with van der Waals surface area (Å²) in [6.07, 6.45) is 0. The summed E-state index contributed by atoms with van der Waals surface area (Å²) in [7, 11) is 3.06. The van der Waals surface area contributed by atoms with Crippen LogP contribution < -0.4 is 5.30 Å². The predicted molar refractivity (Wildman–Crippen MR) is 131 cm³/mol. The van der Waals surface area contributed by atoms with E-state index in [9.17, 15) is 0 Å². The van der Waals surface area contributed by atoms with Crippen LogP contribution in [0.2, 0.25) is 0 Å². The Morgan fingerprint density at radius 1 is 0.679 bits per heavy atom. The summed E-state index contributed by atoms with van der Waals surface area (Å²) in [6.45, 7) is 25.6. The third kappa shape index (κ3) is 3.21. The van der Waals surface area contributed by atoms with Gasteiger partial charge in [0.1, 0.15) is 0 Å². The van der Waals surface area contributed by atoms with Gasteiger partial charge in [0.25, 0.3) is 0 Å². The molecule has 1 aromatic heterocycles. The number of nitrogens with one attached hydrogen (secondary N) is 1. The van der Waals surface area contributed by atoms with E-state index in [0.29, 0.717) is 0 Å². The van der Waals surface area contributed by atoms with Gasteiger partial charge in [-0.15, -0.1) is 9.24 Å². The topological polar surface area (TPSA) is 15.8 Å². The van der Waals surface area contributed by atoms with Crippen LogP contribution in [-0.4, -0.2) is 4.98 Å². The predicted octanol–water partition coefficient (Wildman–Crippen LogP) is 7.33. The van der Waals surface area contributed by atoms with Crippen LogP contribution in [0, 0.1) is 13.8 Å². The van der Waals surface area contributed by atoms with Crippen molar-refractivity contribution in [3.05, 3.63) is 39.9 Å². The first-order valence-electron chi connectivity index (χ1n) is 10.4. The molecule has 0 aliphatic rings. The van der Waals surface area contributed by atoms with Crippen molar-refractivity contribution >= 4 is 36.4 Å². The Hall–Kier alpha value is -1.33. The molecule has 1 heterocycles. The summed E-state index contributed by atoms with van der Waals surface area (Å²) in [5.74, 6) is 0. The van der Waals surface area contributed by atoms with Crippen LogP contribution in [0.4, 0.5) is 0 Å². The Bertz CT molecular complexity index is 1080. The van der Waals surface area contributed by atoms with Crippen molar-refractivity contribution in [2.24, 2.45) is 0 Å². The van der Waals surface area contributed by atoms with Gasteiger partial charge in [0.05, 0.1) is 5.52 Å². The molecule has 0 amide bonds. The van der Waals surface area contributed by atoms with E-state index in [0.717, 1.165) is 0 Å². The average Bonchev–Trinajstić information content (AvgIpc) is 2.82. The number of H-pyrrole nitrogens is 1. The number of fused-ring (bicyclic) bond motifs is 3. The first kappa shape index (κ1) is 21.4. The maximum absolute atomic E-state index is 3.82. The highest BCUT2D eigenvalue weighted by Crippen LogP contribution is 2.45. The summed E-state index contributed by atoms with van der Waals surface area (Å²) in [5.41, 5.74) is 10.0. The van der Waals surface area contributed by atoms with Gasteiger partial charge in [-0.2, -0.15) is 0 Å². The zero-order chi connectivity index (χ0) is 21.4. The molecule has 0 aliphatic carbocycles. The molecule has 1 atom stereocenters. The van der Waals surface area contributed by atoms with E-state index in [-0.39, 0.29) is 16.2 Å². The van der Waals surface area contributed by atoms with Crippen LogP contribution in [-0.2, 0) is 16.2 Å². The van der Waals surface area contributed by atoms with Gasteiger partial charge in [-0.3, -0.25) is 0 Å². The third-order valence-electron chi connectivity index (χ3n) is 5.96. The van der Waals surface area contributed by atoms with Crippen LogP contribution in [0.15, 0.2) is 12.1 Å². The van der Waals surface area contributed by atoms with Crippen LogP contribution in [0.3, 0.4) is 0 Å². The molecular weight excluding hydrogens is 357 g/mol. The van der Waals surface area contributed by atoms with Crippen molar-refractivity contribution < 1.29 is 0 Å². The summed E-state index contributed by atoms with van der Waals surface area (Å²) in [5, 5.41) is 4.16. The zero-order valence-electron chi connectivity index (χ0n) is 19.7. The van der Waals surface area contributed by atoms with Gasteiger partial charge >= 0.3 is 0 Å². The van der Waals surface area contributed by atoms with E-state index < -0.39 is 0 Å². The van der Waals surface area contributed by atoms with Gasteiger partial charge in [-0.1, -0.05) is 68.4 Å². The molecule has 2 aromatic carbocycles. The minimum absolute atomic E-state index is 0.0642. The fourth-order valence-corrected chi connectivity index (χ4v) is 6.22. The molecular formula is C26H38NP. The van der Waals surface area contributed by atoms with E-state index in [1.54, 1.807) is 0 Å². The first-order chi connectivity index (χ1) is 12.6. The molecule has 0 saturated carbocycles. The number of aromatic nitrogens is 1. The minimum Gasteiger partial charge on any atom is -0.354 e. The first-order valence-corrected chi connectivity index (χ1v) is 11.0. The molecule has 0 spiro atoms. The summed E-state index contributed by atoms with van der Waals surface area (Å²) in [6, 6.07) is 4.54. The highest BCUT2D eigenvalue weighted by atomic mass is 31.0. The van der Waals surface area contributed by atoms with Crippen LogP contribution in [0.5, 0.6) is 0 Å². The lowest BCUT2D eigenvalue weighted by atomic mass is 9.73. The van der Waals surface area contributed by atoms with E-state index in [1.807, 2.05) is 0 Å². The van der Waals surface area contributed by atoms with Gasteiger partial charge < -0.3 is 4.98 Å². The fraction of sp³-hybridized carbons (Fsp3) is 0.538. The molecule has 152 valence electrons. The van der Waals surface area contributed by atoms with E-state index in [2.05, 4.69) is 103 Å². The van der Waals surface area contributed by atoms with Gasteiger partial charge in [-0.05, 0) is 69.3 Å². The Morgan fingerprint density at radius 3 is 1.64 bits per heavy atom. The summed E-state index contributed by atoms with van der Waals surface area (Å²) in [4.78, 5) is 3.82. The second kappa shape index (κ2) is 6.33. The van der Waals surface area contributed by atoms with E-state index in [4.69, 9.17) is 0 Å². The smallest absolute Gasteiger partial charge is 0.0543 e. The highest BCUT2D eigenvalue weighted by Gasteiger charge is 2.32. The van der Waals surface area contributed by atoms with Crippen molar-refractivity contribution in [3.8, 4) is 0 Å². The molecule has 0 bridgehead atoms. The minimum atomic E-state index is 0.0642. The third-order valence-corrected chi connectivity index (χ3v) is 6.54. The van der Waals surface area contributed by atoms with Crippen molar-refractivity contribution in [2.75, 3.05) is 0 Å². The average molecular weight is 396 g/mol. The lowest BCUT2D eigenvalue weighted by Crippen LogP contribution is -2.26. The second-order valence-electron chi connectivity index (χ2n) is 11.6. The number of hydrogen-bond acceptors (Lipinski definition) is 0. The van der Waals surface area contributed by atoms with Gasteiger partial charge in [0, 0.05) is 16.3 Å². The van der Waals surface area contributed by atoms with Crippen LogP contribution in [0.1, 0.15) is 90.1 Å². The number of hydrogen-bond donors (Lipinski definition) is 1. The van der Waals surface area contributed by atoms with Gasteiger partial charge in [-0.25, -0.2) is 0 Å². The molecule has 1 unspecified atom stereocenters. The number of benzene rings is 2.